The molecule has 7 heteroatoms. The summed E-state index contributed by atoms with van der Waals surface area (Å²) in [6.07, 6.45) is 1.87. The molecule has 1 amide bonds. The van der Waals surface area contributed by atoms with E-state index >= 15 is 0 Å². The minimum Gasteiger partial charge on any atom is -0.493 e. The summed E-state index contributed by atoms with van der Waals surface area (Å²) in [7, 11) is 1.58. The second-order valence-corrected chi connectivity index (χ2v) is 5.37. The maximum absolute atomic E-state index is 12.3. The van der Waals surface area contributed by atoms with Crippen LogP contribution in [0, 0.1) is 0 Å². The number of carboxylic acids is 1. The van der Waals surface area contributed by atoms with Crippen molar-refractivity contribution in [2.24, 2.45) is 0 Å². The summed E-state index contributed by atoms with van der Waals surface area (Å²) in [4.78, 5) is 26.8. The van der Waals surface area contributed by atoms with Crippen molar-refractivity contribution in [3.63, 3.8) is 0 Å². The predicted molar refractivity (Wildman–Crippen MR) is 84.6 cm³/mol. The molecule has 3 rings (SSSR count). The lowest BCUT2D eigenvalue weighted by Crippen LogP contribution is -2.42. The lowest BCUT2D eigenvalue weighted by molar-refractivity contribution is 0.0689. The Morgan fingerprint density at radius 3 is 2.83 bits per heavy atom. The van der Waals surface area contributed by atoms with E-state index in [0.29, 0.717) is 30.1 Å². The minimum atomic E-state index is -1.13. The standard InChI is InChI=1S/C17H16N2O5/c1-23-14-4-2-3-10-7-12(9-24-15(10)14)19-16(20)11-5-6-13(17(21)22)18-8-11/h2-6,8,12H,7,9H2,1H3,(H,19,20)(H,21,22)/t12-/m0/s1. The Morgan fingerprint density at radius 1 is 1.33 bits per heavy atom. The third kappa shape index (κ3) is 3.15. The predicted octanol–water partition coefficient (Wildman–Crippen LogP) is 1.52. The molecule has 2 aromatic rings. The number of nitrogens with zero attached hydrogens (tertiary/aromatic N) is 1. The molecule has 0 radical (unpaired) electrons. The van der Waals surface area contributed by atoms with Gasteiger partial charge in [0.25, 0.3) is 5.91 Å². The van der Waals surface area contributed by atoms with Crippen molar-refractivity contribution in [2.45, 2.75) is 12.5 Å². The van der Waals surface area contributed by atoms with Crippen LogP contribution in [0.15, 0.2) is 36.5 Å². The van der Waals surface area contributed by atoms with Gasteiger partial charge in [-0.25, -0.2) is 9.78 Å². The number of fused-ring (bicyclic) bond motifs is 1. The summed E-state index contributed by atoms with van der Waals surface area (Å²) in [5.41, 5.74) is 1.16. The largest absolute Gasteiger partial charge is 0.493 e. The highest BCUT2D eigenvalue weighted by atomic mass is 16.5. The fourth-order valence-electron chi connectivity index (χ4n) is 2.57. The van der Waals surface area contributed by atoms with Crippen LogP contribution in [0.2, 0.25) is 0 Å². The summed E-state index contributed by atoms with van der Waals surface area (Å²) < 4.78 is 11.0. The molecule has 2 N–H and O–H groups in total. The number of rotatable bonds is 4. The average molecular weight is 328 g/mol. The van der Waals surface area contributed by atoms with Gasteiger partial charge in [0.1, 0.15) is 12.3 Å². The van der Waals surface area contributed by atoms with E-state index in [4.69, 9.17) is 14.6 Å². The first-order valence-electron chi connectivity index (χ1n) is 7.37. The molecule has 7 nitrogen and oxygen atoms in total. The van der Waals surface area contributed by atoms with Crippen molar-refractivity contribution in [1.29, 1.82) is 0 Å². The molecule has 0 saturated heterocycles. The lowest BCUT2D eigenvalue weighted by atomic mass is 10.0. The number of aromatic carboxylic acids is 1. The van der Waals surface area contributed by atoms with E-state index in [0.717, 1.165) is 5.56 Å². The van der Waals surface area contributed by atoms with Gasteiger partial charge >= 0.3 is 5.97 Å². The van der Waals surface area contributed by atoms with Crippen LogP contribution in [0.4, 0.5) is 0 Å². The number of hydrogen-bond donors (Lipinski definition) is 2. The van der Waals surface area contributed by atoms with Gasteiger partial charge in [-0.15, -0.1) is 0 Å². The number of para-hydroxylation sites is 1. The van der Waals surface area contributed by atoms with E-state index in [2.05, 4.69) is 10.3 Å². The number of hydrogen-bond acceptors (Lipinski definition) is 5. The van der Waals surface area contributed by atoms with Crippen LogP contribution >= 0.6 is 0 Å². The first-order valence-corrected chi connectivity index (χ1v) is 7.37. The van der Waals surface area contributed by atoms with E-state index in [1.165, 1.54) is 18.3 Å². The van der Waals surface area contributed by atoms with Crippen LogP contribution < -0.4 is 14.8 Å². The number of pyridine rings is 1. The van der Waals surface area contributed by atoms with Crippen molar-refractivity contribution in [2.75, 3.05) is 13.7 Å². The van der Waals surface area contributed by atoms with Gasteiger partial charge in [-0.2, -0.15) is 0 Å². The molecule has 0 aliphatic carbocycles. The second kappa shape index (κ2) is 6.57. The zero-order valence-corrected chi connectivity index (χ0v) is 13.0. The van der Waals surface area contributed by atoms with Gasteiger partial charge in [-0.3, -0.25) is 4.79 Å². The molecule has 0 bridgehead atoms. The Labute approximate surface area is 138 Å². The topological polar surface area (TPSA) is 97.8 Å². The summed E-state index contributed by atoms with van der Waals surface area (Å²) in [6, 6.07) is 8.18. The van der Waals surface area contributed by atoms with E-state index in [-0.39, 0.29) is 17.6 Å². The van der Waals surface area contributed by atoms with Crippen LogP contribution in [0.25, 0.3) is 0 Å². The lowest BCUT2D eigenvalue weighted by Gasteiger charge is -2.27. The SMILES string of the molecule is COc1cccc2c1OC[C@@H](NC(=O)c1ccc(C(=O)O)nc1)C2. The quantitative estimate of drug-likeness (QED) is 0.883. The molecule has 1 aromatic carbocycles. The number of benzene rings is 1. The molecular weight excluding hydrogens is 312 g/mol. The third-order valence-electron chi connectivity index (χ3n) is 3.76. The summed E-state index contributed by atoms with van der Waals surface area (Å²) in [6.45, 7) is 0.333. The molecule has 24 heavy (non-hydrogen) atoms. The van der Waals surface area contributed by atoms with Gasteiger partial charge in [0, 0.05) is 11.8 Å². The summed E-state index contributed by atoms with van der Waals surface area (Å²) in [5.74, 6) is -0.0729. The highest BCUT2D eigenvalue weighted by Crippen LogP contribution is 2.34. The number of carboxylic acid groups (broad SMARTS) is 1. The van der Waals surface area contributed by atoms with Crippen molar-refractivity contribution in [3.8, 4) is 11.5 Å². The van der Waals surface area contributed by atoms with E-state index in [1.807, 2.05) is 18.2 Å². The average Bonchev–Trinajstić information content (AvgIpc) is 2.61. The molecular formula is C17H16N2O5. The number of amides is 1. The highest BCUT2D eigenvalue weighted by Gasteiger charge is 2.24. The molecule has 1 aromatic heterocycles. The Kier molecular flexibility index (Phi) is 4.33. The fraction of sp³-hybridized carbons (Fsp3) is 0.235. The van der Waals surface area contributed by atoms with Gasteiger partial charge in [0.2, 0.25) is 0 Å². The van der Waals surface area contributed by atoms with Gasteiger partial charge < -0.3 is 19.9 Å². The fourth-order valence-corrected chi connectivity index (χ4v) is 2.57. The van der Waals surface area contributed by atoms with E-state index in [9.17, 15) is 9.59 Å². The Morgan fingerprint density at radius 2 is 2.17 bits per heavy atom. The van der Waals surface area contributed by atoms with E-state index < -0.39 is 5.97 Å². The van der Waals surface area contributed by atoms with Crippen LogP contribution in [-0.2, 0) is 6.42 Å². The number of nitrogens with one attached hydrogen (secondary N) is 1. The number of methoxy groups -OCH3 is 1. The van der Waals surface area contributed by atoms with Crippen molar-refractivity contribution in [1.82, 2.24) is 10.3 Å². The first-order chi connectivity index (χ1) is 11.6. The van der Waals surface area contributed by atoms with Crippen molar-refractivity contribution < 1.29 is 24.2 Å². The van der Waals surface area contributed by atoms with Gasteiger partial charge in [0.05, 0.1) is 18.7 Å². The van der Waals surface area contributed by atoms with Gasteiger partial charge in [-0.1, -0.05) is 12.1 Å². The van der Waals surface area contributed by atoms with Gasteiger partial charge in [0.15, 0.2) is 11.5 Å². The Hall–Kier alpha value is -3.09. The Balaban J connectivity index is 1.68. The van der Waals surface area contributed by atoms with Crippen LogP contribution in [0.1, 0.15) is 26.4 Å². The monoisotopic (exact) mass is 328 g/mol. The number of aromatic nitrogens is 1. The van der Waals surface area contributed by atoms with Crippen LogP contribution in [-0.4, -0.2) is 41.7 Å². The molecule has 124 valence electrons. The number of carbonyl (C=O) groups is 2. The molecule has 2 heterocycles. The molecule has 0 fully saturated rings. The molecule has 0 saturated carbocycles. The normalized spacial score (nSPS) is 15.8. The second-order valence-electron chi connectivity index (χ2n) is 5.37. The maximum Gasteiger partial charge on any atom is 0.354 e. The summed E-state index contributed by atoms with van der Waals surface area (Å²) >= 11 is 0. The molecule has 1 aliphatic rings. The first kappa shape index (κ1) is 15.8. The third-order valence-corrected chi connectivity index (χ3v) is 3.76. The Bertz CT molecular complexity index is 773. The highest BCUT2D eigenvalue weighted by molar-refractivity contribution is 5.95. The molecule has 1 aliphatic heterocycles. The molecule has 0 unspecified atom stereocenters. The molecule has 1 atom stereocenters. The van der Waals surface area contributed by atoms with E-state index in [1.54, 1.807) is 7.11 Å². The number of ether oxygens (including phenoxy) is 2. The maximum atomic E-state index is 12.3. The smallest absolute Gasteiger partial charge is 0.354 e. The number of carbonyl (C=O) groups excluding carboxylic acids is 1. The van der Waals surface area contributed by atoms with Crippen LogP contribution in [0.5, 0.6) is 11.5 Å². The minimum absolute atomic E-state index is 0.103. The zero-order chi connectivity index (χ0) is 17.1. The van der Waals surface area contributed by atoms with Crippen molar-refractivity contribution >= 4 is 11.9 Å². The van der Waals surface area contributed by atoms with Crippen molar-refractivity contribution in [3.05, 3.63) is 53.3 Å². The van der Waals surface area contributed by atoms with Crippen LogP contribution in [0.3, 0.4) is 0 Å². The molecule has 0 spiro atoms. The van der Waals surface area contributed by atoms with Gasteiger partial charge in [-0.05, 0) is 24.6 Å². The summed E-state index contributed by atoms with van der Waals surface area (Å²) in [5, 5.41) is 11.7. The zero-order valence-electron chi connectivity index (χ0n) is 13.0.